The summed E-state index contributed by atoms with van der Waals surface area (Å²) in [6, 6.07) is 0. The average molecular weight is 367 g/mol. The van der Waals surface area contributed by atoms with Crippen molar-refractivity contribution in [2.24, 2.45) is 17.8 Å². The number of hydrogen-bond donors (Lipinski definition) is 3. The second-order valence-corrected chi connectivity index (χ2v) is 8.19. The summed E-state index contributed by atoms with van der Waals surface area (Å²) in [7, 11) is 0. The van der Waals surface area contributed by atoms with Crippen LogP contribution in [0.2, 0.25) is 0 Å². The standard InChI is InChI=1S/C22H38O4/c1-4-5-10-14-22(3,26)15-13-19-18(17(2)16-20(19)23)11-8-6-7-9-12-21(24)25/h6,8,13,15,17-20,23,26H,4-5,7,9-12,14,16H2,1-3H3,(H,24,25)/b8-6-,15-13+/t17-,18-,19+,20+,22-/m0/s1. The predicted octanol–water partition coefficient (Wildman–Crippen LogP) is 4.71. The Bertz CT molecular complexity index is 467. The van der Waals surface area contributed by atoms with Crippen LogP contribution in [0.15, 0.2) is 24.3 Å². The van der Waals surface area contributed by atoms with Crippen molar-refractivity contribution in [1.29, 1.82) is 0 Å². The Balaban J connectivity index is 2.56. The molecule has 0 radical (unpaired) electrons. The van der Waals surface area contributed by atoms with Gasteiger partial charge in [0.1, 0.15) is 0 Å². The van der Waals surface area contributed by atoms with Gasteiger partial charge in [0.05, 0.1) is 11.7 Å². The van der Waals surface area contributed by atoms with Crippen molar-refractivity contribution >= 4 is 5.97 Å². The summed E-state index contributed by atoms with van der Waals surface area (Å²) in [6.07, 6.45) is 15.1. The molecule has 1 aliphatic carbocycles. The van der Waals surface area contributed by atoms with Gasteiger partial charge in [-0.15, -0.1) is 0 Å². The Morgan fingerprint density at radius 3 is 2.62 bits per heavy atom. The Morgan fingerprint density at radius 1 is 1.23 bits per heavy atom. The third-order valence-electron chi connectivity index (χ3n) is 5.58. The van der Waals surface area contributed by atoms with Crippen LogP contribution >= 0.6 is 0 Å². The van der Waals surface area contributed by atoms with Crippen LogP contribution in [0, 0.1) is 17.8 Å². The zero-order chi connectivity index (χ0) is 19.6. The summed E-state index contributed by atoms with van der Waals surface area (Å²) in [5.74, 6) is 0.130. The molecule has 0 amide bonds. The molecule has 3 N–H and O–H groups in total. The minimum atomic E-state index is -0.808. The van der Waals surface area contributed by atoms with Crippen molar-refractivity contribution in [2.45, 2.75) is 90.3 Å². The van der Waals surface area contributed by atoms with Gasteiger partial charge in [-0.25, -0.2) is 0 Å². The number of carbonyl (C=O) groups is 1. The molecule has 0 aromatic heterocycles. The first-order valence-corrected chi connectivity index (χ1v) is 10.2. The van der Waals surface area contributed by atoms with Gasteiger partial charge in [-0.05, 0) is 50.9 Å². The summed E-state index contributed by atoms with van der Waals surface area (Å²) in [5.41, 5.74) is -0.808. The molecule has 5 atom stereocenters. The number of rotatable bonds is 12. The summed E-state index contributed by atoms with van der Waals surface area (Å²) < 4.78 is 0. The summed E-state index contributed by atoms with van der Waals surface area (Å²) in [6.45, 7) is 6.18. The number of hydrogen-bond acceptors (Lipinski definition) is 3. The molecular weight excluding hydrogens is 328 g/mol. The highest BCUT2D eigenvalue weighted by Crippen LogP contribution is 2.40. The highest BCUT2D eigenvalue weighted by atomic mass is 16.4. The van der Waals surface area contributed by atoms with Gasteiger partial charge in [-0.2, -0.15) is 0 Å². The van der Waals surface area contributed by atoms with Gasteiger partial charge in [0.15, 0.2) is 0 Å². The van der Waals surface area contributed by atoms with Crippen molar-refractivity contribution in [1.82, 2.24) is 0 Å². The molecule has 0 saturated heterocycles. The van der Waals surface area contributed by atoms with E-state index in [0.29, 0.717) is 18.3 Å². The fourth-order valence-electron chi connectivity index (χ4n) is 3.91. The number of unbranched alkanes of at least 4 members (excludes halogenated alkanes) is 3. The minimum Gasteiger partial charge on any atom is -0.481 e. The number of carboxylic acid groups (broad SMARTS) is 1. The van der Waals surface area contributed by atoms with Gasteiger partial charge >= 0.3 is 5.97 Å². The van der Waals surface area contributed by atoms with Crippen molar-refractivity contribution < 1.29 is 20.1 Å². The first-order chi connectivity index (χ1) is 12.3. The smallest absolute Gasteiger partial charge is 0.303 e. The van der Waals surface area contributed by atoms with E-state index >= 15 is 0 Å². The number of aliphatic carboxylic acids is 1. The first-order valence-electron chi connectivity index (χ1n) is 10.2. The monoisotopic (exact) mass is 366 g/mol. The Kier molecular flexibility index (Phi) is 10.2. The molecule has 1 rings (SSSR count). The average Bonchev–Trinajstić information content (AvgIpc) is 2.82. The number of allylic oxidation sites excluding steroid dienone is 2. The molecule has 0 unspecified atom stereocenters. The van der Waals surface area contributed by atoms with Crippen LogP contribution in [-0.2, 0) is 4.79 Å². The fraction of sp³-hybridized carbons (Fsp3) is 0.773. The van der Waals surface area contributed by atoms with Crippen molar-refractivity contribution in [3.63, 3.8) is 0 Å². The molecule has 1 fully saturated rings. The van der Waals surface area contributed by atoms with E-state index in [4.69, 9.17) is 5.11 Å². The third-order valence-corrected chi connectivity index (χ3v) is 5.58. The number of aliphatic hydroxyl groups is 2. The largest absolute Gasteiger partial charge is 0.481 e. The van der Waals surface area contributed by atoms with E-state index in [2.05, 4.69) is 26.0 Å². The molecule has 0 heterocycles. The molecule has 0 spiro atoms. The Hall–Kier alpha value is -1.13. The van der Waals surface area contributed by atoms with Gasteiger partial charge in [0.2, 0.25) is 0 Å². The Morgan fingerprint density at radius 2 is 1.96 bits per heavy atom. The molecule has 4 nitrogen and oxygen atoms in total. The lowest BCUT2D eigenvalue weighted by molar-refractivity contribution is -0.137. The van der Waals surface area contributed by atoms with Crippen LogP contribution in [0.1, 0.15) is 78.6 Å². The molecule has 0 bridgehead atoms. The highest BCUT2D eigenvalue weighted by molar-refractivity contribution is 5.66. The van der Waals surface area contributed by atoms with Crippen LogP contribution in [0.5, 0.6) is 0 Å². The normalized spacial score (nSPS) is 28.8. The van der Waals surface area contributed by atoms with Gasteiger partial charge in [-0.1, -0.05) is 57.4 Å². The van der Waals surface area contributed by atoms with E-state index in [-0.39, 0.29) is 18.4 Å². The van der Waals surface area contributed by atoms with Crippen LogP contribution in [0.25, 0.3) is 0 Å². The second-order valence-electron chi connectivity index (χ2n) is 8.19. The predicted molar refractivity (Wildman–Crippen MR) is 106 cm³/mol. The summed E-state index contributed by atoms with van der Waals surface area (Å²) in [4.78, 5) is 10.5. The van der Waals surface area contributed by atoms with Gasteiger partial charge in [-0.3, -0.25) is 4.79 Å². The lowest BCUT2D eigenvalue weighted by Crippen LogP contribution is -2.23. The third kappa shape index (κ3) is 8.50. The van der Waals surface area contributed by atoms with E-state index in [0.717, 1.165) is 44.9 Å². The Labute approximate surface area is 159 Å². The van der Waals surface area contributed by atoms with Crippen LogP contribution in [-0.4, -0.2) is 33.0 Å². The summed E-state index contributed by atoms with van der Waals surface area (Å²) >= 11 is 0. The van der Waals surface area contributed by atoms with Crippen LogP contribution in [0.4, 0.5) is 0 Å². The van der Waals surface area contributed by atoms with Gasteiger partial charge in [0.25, 0.3) is 0 Å². The van der Waals surface area contributed by atoms with Gasteiger partial charge < -0.3 is 15.3 Å². The van der Waals surface area contributed by atoms with Crippen molar-refractivity contribution in [3.8, 4) is 0 Å². The molecule has 0 aromatic carbocycles. The molecule has 1 aliphatic rings. The molecule has 0 aliphatic heterocycles. The molecule has 0 aromatic rings. The van der Waals surface area contributed by atoms with E-state index in [1.165, 1.54) is 0 Å². The van der Waals surface area contributed by atoms with E-state index in [9.17, 15) is 15.0 Å². The maximum absolute atomic E-state index is 10.5. The maximum Gasteiger partial charge on any atom is 0.303 e. The number of carboxylic acids is 1. The quantitative estimate of drug-likeness (QED) is 0.345. The van der Waals surface area contributed by atoms with Crippen LogP contribution < -0.4 is 0 Å². The molecule has 4 heteroatoms. The first kappa shape index (κ1) is 22.9. The van der Waals surface area contributed by atoms with Gasteiger partial charge in [0, 0.05) is 12.3 Å². The SMILES string of the molecule is CCCCC[C@](C)(O)/C=C/[C@@H]1[C@@H](C/C=C\CCCC(=O)O)[C@@H](C)C[C@H]1O. The minimum absolute atomic E-state index is 0.0753. The second kappa shape index (κ2) is 11.6. The van der Waals surface area contributed by atoms with Crippen molar-refractivity contribution in [3.05, 3.63) is 24.3 Å². The van der Waals surface area contributed by atoms with E-state index in [1.807, 2.05) is 19.1 Å². The topological polar surface area (TPSA) is 77.8 Å². The van der Waals surface area contributed by atoms with E-state index < -0.39 is 11.6 Å². The van der Waals surface area contributed by atoms with Crippen LogP contribution in [0.3, 0.4) is 0 Å². The highest BCUT2D eigenvalue weighted by Gasteiger charge is 2.38. The molecule has 26 heavy (non-hydrogen) atoms. The zero-order valence-electron chi connectivity index (χ0n) is 16.7. The lowest BCUT2D eigenvalue weighted by Gasteiger charge is -2.23. The molecule has 150 valence electrons. The summed E-state index contributed by atoms with van der Waals surface area (Å²) in [5, 5.41) is 29.6. The van der Waals surface area contributed by atoms with Crippen molar-refractivity contribution in [2.75, 3.05) is 0 Å². The number of aliphatic hydroxyl groups excluding tert-OH is 1. The lowest BCUT2D eigenvalue weighted by atomic mass is 9.85. The maximum atomic E-state index is 10.5. The van der Waals surface area contributed by atoms with E-state index in [1.54, 1.807) is 0 Å². The fourth-order valence-corrected chi connectivity index (χ4v) is 3.91. The molecule has 1 saturated carbocycles. The molecular formula is C22H38O4. The zero-order valence-corrected chi connectivity index (χ0v) is 16.7.